The van der Waals surface area contributed by atoms with E-state index in [4.69, 9.17) is 0 Å². The maximum atomic E-state index is 11.8. The second kappa shape index (κ2) is 12.7. The molecule has 0 bridgehead atoms. The minimum atomic E-state index is 0. The molecule has 0 spiro atoms. The van der Waals surface area contributed by atoms with Gasteiger partial charge in [0.15, 0.2) is 0 Å². The van der Waals surface area contributed by atoms with Gasteiger partial charge < -0.3 is 15.5 Å². The number of rotatable bonds is 7. The van der Waals surface area contributed by atoms with Crippen molar-refractivity contribution in [1.29, 1.82) is 0 Å². The molecule has 1 aliphatic heterocycles. The maximum Gasteiger partial charge on any atom is 0.220 e. The molecule has 20 heavy (non-hydrogen) atoms. The van der Waals surface area contributed by atoms with Crippen molar-refractivity contribution >= 4 is 30.7 Å². The molecule has 2 N–H and O–H groups in total. The predicted octanol–water partition coefficient (Wildman–Crippen LogP) is 1.92. The number of amides is 1. The van der Waals surface area contributed by atoms with Gasteiger partial charge in [0.25, 0.3) is 0 Å². The molecule has 122 valence electrons. The Hall–Kier alpha value is -0.0300. The number of halogens is 2. The molecular formula is C14H31Cl2N3O. The van der Waals surface area contributed by atoms with Crippen LogP contribution in [0, 0.1) is 11.8 Å². The van der Waals surface area contributed by atoms with Crippen molar-refractivity contribution in [2.75, 3.05) is 39.8 Å². The molecule has 4 nitrogen and oxygen atoms in total. The average molecular weight is 328 g/mol. The summed E-state index contributed by atoms with van der Waals surface area (Å²) in [5.74, 6) is 1.44. The van der Waals surface area contributed by atoms with Crippen LogP contribution in [0.5, 0.6) is 0 Å². The van der Waals surface area contributed by atoms with Crippen molar-refractivity contribution in [3.8, 4) is 0 Å². The average Bonchev–Trinajstić information content (AvgIpc) is 2.39. The fourth-order valence-electron chi connectivity index (χ4n) is 2.49. The summed E-state index contributed by atoms with van der Waals surface area (Å²) in [7, 11) is 2.07. The zero-order chi connectivity index (χ0) is 13.4. The van der Waals surface area contributed by atoms with Crippen LogP contribution >= 0.6 is 24.8 Å². The summed E-state index contributed by atoms with van der Waals surface area (Å²) >= 11 is 0. The lowest BCUT2D eigenvalue weighted by Crippen LogP contribution is -2.36. The summed E-state index contributed by atoms with van der Waals surface area (Å²) in [6.07, 6.45) is 3.11. The Morgan fingerprint density at radius 3 is 2.50 bits per heavy atom. The van der Waals surface area contributed by atoms with E-state index in [1.807, 2.05) is 0 Å². The summed E-state index contributed by atoms with van der Waals surface area (Å²) in [4.78, 5) is 14.0. The minimum Gasteiger partial charge on any atom is -0.355 e. The molecule has 0 aromatic rings. The van der Waals surface area contributed by atoms with E-state index in [0.29, 0.717) is 12.3 Å². The van der Waals surface area contributed by atoms with E-state index >= 15 is 0 Å². The van der Waals surface area contributed by atoms with Crippen LogP contribution in [0.2, 0.25) is 0 Å². The first-order valence-corrected chi connectivity index (χ1v) is 7.29. The first-order valence-electron chi connectivity index (χ1n) is 7.29. The highest BCUT2D eigenvalue weighted by Crippen LogP contribution is 2.23. The number of piperidine rings is 1. The first kappa shape index (κ1) is 22.3. The van der Waals surface area contributed by atoms with Gasteiger partial charge in [-0.15, -0.1) is 24.8 Å². The molecule has 1 heterocycles. The molecule has 1 amide bonds. The van der Waals surface area contributed by atoms with Crippen LogP contribution in [0.15, 0.2) is 0 Å². The fourth-order valence-corrected chi connectivity index (χ4v) is 2.49. The molecule has 0 aromatic carbocycles. The van der Waals surface area contributed by atoms with Crippen LogP contribution in [0.1, 0.15) is 33.1 Å². The summed E-state index contributed by atoms with van der Waals surface area (Å²) in [6, 6.07) is 0. The van der Waals surface area contributed by atoms with E-state index in [1.54, 1.807) is 0 Å². The van der Waals surface area contributed by atoms with Crippen LogP contribution < -0.4 is 10.6 Å². The van der Waals surface area contributed by atoms with E-state index in [9.17, 15) is 4.79 Å². The van der Waals surface area contributed by atoms with Gasteiger partial charge in [-0.3, -0.25) is 4.79 Å². The Balaban J connectivity index is 0. The van der Waals surface area contributed by atoms with Crippen molar-refractivity contribution in [2.24, 2.45) is 11.8 Å². The second-order valence-electron chi connectivity index (χ2n) is 5.51. The molecule has 6 heteroatoms. The van der Waals surface area contributed by atoms with Gasteiger partial charge >= 0.3 is 0 Å². The molecule has 1 fully saturated rings. The van der Waals surface area contributed by atoms with Crippen LogP contribution in [-0.2, 0) is 4.79 Å². The zero-order valence-corrected chi connectivity index (χ0v) is 14.6. The Morgan fingerprint density at radius 2 is 1.95 bits per heavy atom. The van der Waals surface area contributed by atoms with Crippen molar-refractivity contribution < 1.29 is 4.79 Å². The Morgan fingerprint density at radius 1 is 1.35 bits per heavy atom. The summed E-state index contributed by atoms with van der Waals surface area (Å²) < 4.78 is 0. The van der Waals surface area contributed by atoms with Crippen molar-refractivity contribution in [2.45, 2.75) is 33.1 Å². The van der Waals surface area contributed by atoms with Gasteiger partial charge in [0, 0.05) is 19.5 Å². The zero-order valence-electron chi connectivity index (χ0n) is 13.0. The molecule has 0 radical (unpaired) electrons. The highest BCUT2D eigenvalue weighted by molar-refractivity contribution is 5.85. The number of hydrogen-bond donors (Lipinski definition) is 2. The molecule has 1 aliphatic rings. The molecule has 0 aliphatic carbocycles. The SMILES string of the molecule is CCN(C)CCNC(=O)CC(C)C1CCNCC1.Cl.Cl. The van der Waals surface area contributed by atoms with Crippen LogP contribution in [0.25, 0.3) is 0 Å². The van der Waals surface area contributed by atoms with Gasteiger partial charge in [0.1, 0.15) is 0 Å². The van der Waals surface area contributed by atoms with Gasteiger partial charge in [-0.1, -0.05) is 13.8 Å². The topological polar surface area (TPSA) is 44.4 Å². The molecule has 1 rings (SSSR count). The smallest absolute Gasteiger partial charge is 0.220 e. The number of carbonyl (C=O) groups is 1. The van der Waals surface area contributed by atoms with Gasteiger partial charge in [0.05, 0.1) is 0 Å². The number of carbonyl (C=O) groups excluding carboxylic acids is 1. The van der Waals surface area contributed by atoms with Crippen LogP contribution in [-0.4, -0.2) is 50.6 Å². The molecule has 0 aromatic heterocycles. The molecule has 1 saturated heterocycles. The van der Waals surface area contributed by atoms with E-state index in [-0.39, 0.29) is 30.7 Å². The number of nitrogens with zero attached hydrogens (tertiary/aromatic N) is 1. The monoisotopic (exact) mass is 327 g/mol. The highest BCUT2D eigenvalue weighted by Gasteiger charge is 2.21. The lowest BCUT2D eigenvalue weighted by molar-refractivity contribution is -0.122. The Labute approximate surface area is 136 Å². The van der Waals surface area contributed by atoms with Crippen molar-refractivity contribution in [1.82, 2.24) is 15.5 Å². The molecule has 1 unspecified atom stereocenters. The fraction of sp³-hybridized carbons (Fsp3) is 0.929. The van der Waals surface area contributed by atoms with Gasteiger partial charge in [-0.2, -0.15) is 0 Å². The molecule has 0 saturated carbocycles. The van der Waals surface area contributed by atoms with Gasteiger partial charge in [-0.25, -0.2) is 0 Å². The minimum absolute atomic E-state index is 0. The lowest BCUT2D eigenvalue weighted by atomic mass is 9.84. The standard InChI is InChI=1S/C14H29N3O.2ClH/c1-4-17(3)10-9-16-14(18)11-12(2)13-5-7-15-8-6-13;;/h12-13,15H,4-11H2,1-3H3,(H,16,18);2*1H. The second-order valence-corrected chi connectivity index (χ2v) is 5.51. The van der Waals surface area contributed by atoms with Crippen molar-refractivity contribution in [3.05, 3.63) is 0 Å². The van der Waals surface area contributed by atoms with Gasteiger partial charge in [0.2, 0.25) is 5.91 Å². The summed E-state index contributed by atoms with van der Waals surface area (Å²) in [5, 5.41) is 6.39. The summed E-state index contributed by atoms with van der Waals surface area (Å²) in [6.45, 7) is 9.29. The highest BCUT2D eigenvalue weighted by atomic mass is 35.5. The molecule has 1 atom stereocenters. The largest absolute Gasteiger partial charge is 0.355 e. The quantitative estimate of drug-likeness (QED) is 0.750. The van der Waals surface area contributed by atoms with Crippen LogP contribution in [0.3, 0.4) is 0 Å². The Bertz CT molecular complexity index is 249. The summed E-state index contributed by atoms with van der Waals surface area (Å²) in [5.41, 5.74) is 0. The van der Waals surface area contributed by atoms with E-state index in [0.717, 1.165) is 38.6 Å². The third-order valence-corrected chi connectivity index (χ3v) is 4.05. The van der Waals surface area contributed by atoms with E-state index in [2.05, 4.69) is 36.4 Å². The normalized spacial score (nSPS) is 17.0. The number of hydrogen-bond acceptors (Lipinski definition) is 3. The third kappa shape index (κ3) is 9.01. The molecular weight excluding hydrogens is 297 g/mol. The van der Waals surface area contributed by atoms with Gasteiger partial charge in [-0.05, 0) is 51.4 Å². The van der Waals surface area contributed by atoms with Crippen molar-refractivity contribution in [3.63, 3.8) is 0 Å². The Kier molecular flexibility index (Phi) is 14.1. The predicted molar refractivity (Wildman–Crippen MR) is 90.1 cm³/mol. The first-order chi connectivity index (χ1) is 8.63. The maximum absolute atomic E-state index is 11.8. The van der Waals surface area contributed by atoms with E-state index in [1.165, 1.54) is 12.8 Å². The van der Waals surface area contributed by atoms with E-state index < -0.39 is 0 Å². The van der Waals surface area contributed by atoms with Crippen LogP contribution in [0.4, 0.5) is 0 Å². The number of likely N-dealkylation sites (N-methyl/N-ethyl adjacent to an activating group) is 1. The number of nitrogens with one attached hydrogen (secondary N) is 2. The lowest BCUT2D eigenvalue weighted by Gasteiger charge is -2.28. The third-order valence-electron chi connectivity index (χ3n) is 4.05.